The van der Waals surface area contributed by atoms with Gasteiger partial charge in [0.25, 0.3) is 11.6 Å². The number of benzene rings is 1. The number of amides is 1. The summed E-state index contributed by atoms with van der Waals surface area (Å²) in [7, 11) is 1.40. The molecular weight excluding hydrogens is 356 g/mol. The van der Waals surface area contributed by atoms with Gasteiger partial charge in [0.2, 0.25) is 0 Å². The molecule has 1 atom stereocenters. The lowest BCUT2D eigenvalue weighted by atomic mass is 9.93. The van der Waals surface area contributed by atoms with E-state index in [4.69, 9.17) is 14.6 Å². The molecule has 1 saturated heterocycles. The Labute approximate surface area is 157 Å². The molecule has 1 aromatic carbocycles. The van der Waals surface area contributed by atoms with Crippen LogP contribution in [0.1, 0.15) is 43.0 Å². The summed E-state index contributed by atoms with van der Waals surface area (Å²) in [5, 5.41) is 20.3. The van der Waals surface area contributed by atoms with Crippen LogP contribution >= 0.6 is 0 Å². The van der Waals surface area contributed by atoms with Gasteiger partial charge in [0.1, 0.15) is 5.56 Å². The SMILES string of the molecule is CCOc1cc([N+](=O)[O-])c(C(=O)N2CCCC(CCC(=O)O)C2)cc1OC. The summed E-state index contributed by atoms with van der Waals surface area (Å²) in [5.41, 5.74) is -0.393. The van der Waals surface area contributed by atoms with Crippen molar-refractivity contribution in [2.24, 2.45) is 5.92 Å². The number of piperidine rings is 1. The monoisotopic (exact) mass is 380 g/mol. The maximum Gasteiger partial charge on any atom is 0.303 e. The van der Waals surface area contributed by atoms with Gasteiger partial charge in [0, 0.05) is 25.6 Å². The van der Waals surface area contributed by atoms with Crippen LogP contribution < -0.4 is 9.47 Å². The number of nitro benzene ring substituents is 1. The highest BCUT2D eigenvalue weighted by atomic mass is 16.6. The first kappa shape index (κ1) is 20.5. The number of hydrogen-bond donors (Lipinski definition) is 1. The van der Waals surface area contributed by atoms with E-state index >= 15 is 0 Å². The predicted octanol–water partition coefficient (Wildman–Crippen LogP) is 2.72. The van der Waals surface area contributed by atoms with Crippen LogP contribution in [0.4, 0.5) is 5.69 Å². The zero-order valence-electron chi connectivity index (χ0n) is 15.5. The third-order valence-corrected chi connectivity index (χ3v) is 4.58. The molecule has 2 rings (SSSR count). The van der Waals surface area contributed by atoms with E-state index in [-0.39, 0.29) is 35.1 Å². The molecule has 0 radical (unpaired) electrons. The van der Waals surface area contributed by atoms with E-state index in [1.54, 1.807) is 11.8 Å². The number of nitrogens with zero attached hydrogens (tertiary/aromatic N) is 2. The maximum absolute atomic E-state index is 13.0. The number of carbonyl (C=O) groups is 2. The van der Waals surface area contributed by atoms with Gasteiger partial charge in [-0.25, -0.2) is 0 Å². The van der Waals surface area contributed by atoms with Crippen LogP contribution in [0, 0.1) is 16.0 Å². The Bertz CT molecular complexity index is 720. The molecular formula is C18H24N2O7. The molecule has 0 aliphatic carbocycles. The summed E-state index contributed by atoms with van der Waals surface area (Å²) < 4.78 is 10.6. The molecule has 1 amide bonds. The molecule has 1 aliphatic rings. The van der Waals surface area contributed by atoms with Crippen LogP contribution in [-0.4, -0.2) is 53.6 Å². The molecule has 1 unspecified atom stereocenters. The average molecular weight is 380 g/mol. The van der Waals surface area contributed by atoms with Crippen LogP contribution in [0.3, 0.4) is 0 Å². The molecule has 1 fully saturated rings. The molecule has 1 aromatic rings. The number of ether oxygens (including phenoxy) is 2. The Hall–Kier alpha value is -2.84. The zero-order chi connectivity index (χ0) is 20.0. The Morgan fingerprint density at radius 2 is 2.11 bits per heavy atom. The van der Waals surface area contributed by atoms with Crippen molar-refractivity contribution in [3.8, 4) is 11.5 Å². The van der Waals surface area contributed by atoms with Crippen molar-refractivity contribution >= 4 is 17.6 Å². The first-order valence-corrected chi connectivity index (χ1v) is 8.87. The average Bonchev–Trinajstić information content (AvgIpc) is 2.65. The predicted molar refractivity (Wildman–Crippen MR) is 96.3 cm³/mol. The van der Waals surface area contributed by atoms with Gasteiger partial charge >= 0.3 is 5.97 Å². The van der Waals surface area contributed by atoms with Gasteiger partial charge in [0.05, 0.1) is 24.7 Å². The number of carbonyl (C=O) groups excluding carboxylic acids is 1. The van der Waals surface area contributed by atoms with Crippen molar-refractivity contribution in [3.63, 3.8) is 0 Å². The minimum atomic E-state index is -0.870. The fourth-order valence-electron chi connectivity index (χ4n) is 3.28. The molecule has 1 heterocycles. The van der Waals surface area contributed by atoms with Crippen molar-refractivity contribution < 1.29 is 29.1 Å². The normalized spacial score (nSPS) is 16.7. The Kier molecular flexibility index (Phi) is 6.98. The molecule has 27 heavy (non-hydrogen) atoms. The van der Waals surface area contributed by atoms with Crippen LogP contribution in [0.2, 0.25) is 0 Å². The topological polar surface area (TPSA) is 119 Å². The van der Waals surface area contributed by atoms with Crippen LogP contribution in [0.15, 0.2) is 12.1 Å². The van der Waals surface area contributed by atoms with E-state index in [0.717, 1.165) is 12.8 Å². The third-order valence-electron chi connectivity index (χ3n) is 4.58. The molecule has 148 valence electrons. The largest absolute Gasteiger partial charge is 0.493 e. The van der Waals surface area contributed by atoms with Gasteiger partial charge < -0.3 is 19.5 Å². The molecule has 0 aromatic heterocycles. The quantitative estimate of drug-likeness (QED) is 0.544. The number of nitro groups is 1. The molecule has 1 aliphatic heterocycles. The number of rotatable bonds is 8. The van der Waals surface area contributed by atoms with E-state index in [1.165, 1.54) is 19.2 Å². The molecule has 9 heteroatoms. The van der Waals surface area contributed by atoms with Gasteiger partial charge in [-0.3, -0.25) is 19.7 Å². The molecule has 0 spiro atoms. The third kappa shape index (κ3) is 5.08. The highest BCUT2D eigenvalue weighted by Crippen LogP contribution is 2.36. The maximum atomic E-state index is 13.0. The van der Waals surface area contributed by atoms with Crippen LogP contribution in [0.25, 0.3) is 0 Å². The van der Waals surface area contributed by atoms with Gasteiger partial charge in [-0.1, -0.05) is 0 Å². The van der Waals surface area contributed by atoms with Crippen molar-refractivity contribution in [1.29, 1.82) is 0 Å². The highest BCUT2D eigenvalue weighted by molar-refractivity contribution is 5.99. The fourth-order valence-corrected chi connectivity index (χ4v) is 3.28. The Morgan fingerprint density at radius 3 is 2.70 bits per heavy atom. The van der Waals surface area contributed by atoms with E-state index < -0.39 is 16.8 Å². The minimum Gasteiger partial charge on any atom is -0.493 e. The minimum absolute atomic E-state index is 0.0454. The van der Waals surface area contributed by atoms with Crippen molar-refractivity contribution in [1.82, 2.24) is 4.90 Å². The fraction of sp³-hybridized carbons (Fsp3) is 0.556. The van der Waals surface area contributed by atoms with Crippen molar-refractivity contribution in [2.45, 2.75) is 32.6 Å². The molecule has 0 saturated carbocycles. The second kappa shape index (κ2) is 9.20. The summed E-state index contributed by atoms with van der Waals surface area (Å²) in [6.45, 7) is 2.92. The summed E-state index contributed by atoms with van der Waals surface area (Å²) in [5.74, 6) is -0.790. The second-order valence-corrected chi connectivity index (χ2v) is 6.40. The van der Waals surface area contributed by atoms with Gasteiger partial charge in [0.15, 0.2) is 11.5 Å². The first-order valence-electron chi connectivity index (χ1n) is 8.87. The summed E-state index contributed by atoms with van der Waals surface area (Å²) >= 11 is 0. The molecule has 0 bridgehead atoms. The smallest absolute Gasteiger partial charge is 0.303 e. The summed E-state index contributed by atoms with van der Waals surface area (Å²) in [6.07, 6.45) is 2.10. The van der Waals surface area contributed by atoms with E-state index in [1.807, 2.05) is 0 Å². The van der Waals surface area contributed by atoms with Crippen molar-refractivity contribution in [3.05, 3.63) is 27.8 Å². The van der Waals surface area contributed by atoms with Crippen molar-refractivity contribution in [2.75, 3.05) is 26.8 Å². The lowest BCUT2D eigenvalue weighted by Gasteiger charge is -2.32. The highest BCUT2D eigenvalue weighted by Gasteiger charge is 2.31. The molecule has 1 N–H and O–H groups in total. The lowest BCUT2D eigenvalue weighted by Crippen LogP contribution is -2.40. The number of hydrogen-bond acceptors (Lipinski definition) is 6. The summed E-state index contributed by atoms with van der Waals surface area (Å²) in [6, 6.07) is 2.55. The van der Waals surface area contributed by atoms with E-state index in [9.17, 15) is 19.7 Å². The Balaban J connectivity index is 2.28. The van der Waals surface area contributed by atoms with Gasteiger partial charge in [-0.05, 0) is 32.1 Å². The van der Waals surface area contributed by atoms with Crippen LogP contribution in [0.5, 0.6) is 11.5 Å². The number of carboxylic acid groups (broad SMARTS) is 1. The summed E-state index contributed by atoms with van der Waals surface area (Å²) in [4.78, 5) is 36.2. The van der Waals surface area contributed by atoms with E-state index in [0.29, 0.717) is 26.1 Å². The zero-order valence-corrected chi connectivity index (χ0v) is 15.5. The standard InChI is InChI=1S/C18H24N2O7/c1-3-27-16-10-14(20(24)25)13(9-15(16)26-2)18(23)19-8-4-5-12(11-19)6-7-17(21)22/h9-10,12H,3-8,11H2,1-2H3,(H,21,22). The first-order chi connectivity index (χ1) is 12.9. The number of methoxy groups -OCH3 is 1. The van der Waals surface area contributed by atoms with Gasteiger partial charge in [-0.15, -0.1) is 0 Å². The number of aliphatic carboxylic acids is 1. The van der Waals surface area contributed by atoms with Crippen LogP contribution in [-0.2, 0) is 4.79 Å². The Morgan fingerprint density at radius 1 is 1.37 bits per heavy atom. The van der Waals surface area contributed by atoms with Gasteiger partial charge in [-0.2, -0.15) is 0 Å². The molecule has 9 nitrogen and oxygen atoms in total. The number of likely N-dealkylation sites (tertiary alicyclic amines) is 1. The second-order valence-electron chi connectivity index (χ2n) is 6.40. The van der Waals surface area contributed by atoms with E-state index in [2.05, 4.69) is 0 Å². The lowest BCUT2D eigenvalue weighted by molar-refractivity contribution is -0.385. The number of carboxylic acids is 1.